The Balaban J connectivity index is 1.77. The molecule has 0 atom stereocenters. The molecule has 0 fully saturated rings. The number of aromatic carboxylic acids is 1. The lowest BCUT2D eigenvalue weighted by Gasteiger charge is -2.08. The number of aryl methyl sites for hydroxylation is 1. The fraction of sp³-hybridized carbons (Fsp3) is 0.105. The Bertz CT molecular complexity index is 1080. The van der Waals surface area contributed by atoms with Crippen molar-refractivity contribution in [2.24, 2.45) is 0 Å². The second kappa shape index (κ2) is 8.57. The summed E-state index contributed by atoms with van der Waals surface area (Å²) in [5, 5.41) is 26.5. The molecule has 2 N–H and O–H groups in total. The first-order valence-corrected chi connectivity index (χ1v) is 9.22. The number of aromatic nitrogens is 2. The first-order valence-electron chi connectivity index (χ1n) is 8.41. The minimum atomic E-state index is -1.19. The molecular weight excluding hydrogens is 396 g/mol. The number of nitro benzene ring substituents is 1. The van der Waals surface area contributed by atoms with Gasteiger partial charge in [0.05, 0.1) is 4.92 Å². The number of carboxylic acids is 1. The molecule has 1 amide bonds. The maximum atomic E-state index is 12.3. The van der Waals surface area contributed by atoms with E-state index < -0.39 is 16.8 Å². The van der Waals surface area contributed by atoms with Crippen LogP contribution in [-0.2, 0) is 11.3 Å². The van der Waals surface area contributed by atoms with E-state index in [1.165, 1.54) is 40.8 Å². The maximum absolute atomic E-state index is 12.3. The number of hydrogen-bond acceptors (Lipinski definition) is 6. The van der Waals surface area contributed by atoms with Crippen molar-refractivity contribution < 1.29 is 19.6 Å². The Hall–Kier alpha value is -3.66. The van der Waals surface area contributed by atoms with Gasteiger partial charge in [-0.1, -0.05) is 29.5 Å². The smallest absolute Gasteiger partial charge is 0.356 e. The topological polar surface area (TPSA) is 127 Å². The lowest BCUT2D eigenvalue weighted by molar-refractivity contribution is -0.385. The van der Waals surface area contributed by atoms with Crippen molar-refractivity contribution in [3.63, 3.8) is 0 Å². The summed E-state index contributed by atoms with van der Waals surface area (Å²) in [5.74, 6) is -1.68. The molecule has 1 aromatic heterocycles. The fourth-order valence-electron chi connectivity index (χ4n) is 2.47. The number of nitro groups is 1. The maximum Gasteiger partial charge on any atom is 0.356 e. The first-order chi connectivity index (χ1) is 13.8. The van der Waals surface area contributed by atoms with E-state index in [9.17, 15) is 19.7 Å². The number of carbonyl (C=O) groups is 2. The first kappa shape index (κ1) is 20.1. The van der Waals surface area contributed by atoms with E-state index in [0.29, 0.717) is 4.90 Å². The van der Waals surface area contributed by atoms with Crippen LogP contribution in [0, 0.1) is 17.0 Å². The predicted molar refractivity (Wildman–Crippen MR) is 106 cm³/mol. The number of benzene rings is 2. The average molecular weight is 412 g/mol. The number of amides is 1. The fourth-order valence-corrected chi connectivity index (χ4v) is 3.38. The Labute approximate surface area is 169 Å². The van der Waals surface area contributed by atoms with Crippen molar-refractivity contribution in [1.82, 2.24) is 9.78 Å². The van der Waals surface area contributed by atoms with Crippen molar-refractivity contribution >= 4 is 35.0 Å². The molecule has 0 radical (unpaired) electrons. The molecule has 3 rings (SSSR count). The highest BCUT2D eigenvalue weighted by molar-refractivity contribution is 7.99. The lowest BCUT2D eigenvalue weighted by Crippen LogP contribution is -2.19. The second-order valence-corrected chi connectivity index (χ2v) is 7.29. The zero-order valence-electron chi connectivity index (χ0n) is 15.2. The van der Waals surface area contributed by atoms with E-state index in [1.807, 2.05) is 31.2 Å². The molecule has 0 aliphatic heterocycles. The van der Waals surface area contributed by atoms with Crippen molar-refractivity contribution in [1.29, 1.82) is 0 Å². The van der Waals surface area contributed by atoms with Gasteiger partial charge in [0.15, 0.2) is 5.69 Å². The van der Waals surface area contributed by atoms with E-state index in [1.54, 1.807) is 6.07 Å². The van der Waals surface area contributed by atoms with Crippen molar-refractivity contribution in [2.45, 2.75) is 23.3 Å². The van der Waals surface area contributed by atoms with Gasteiger partial charge < -0.3 is 10.4 Å². The largest absolute Gasteiger partial charge is 0.476 e. The number of rotatable bonds is 7. The van der Waals surface area contributed by atoms with Gasteiger partial charge in [0.25, 0.3) is 5.69 Å². The van der Waals surface area contributed by atoms with Crippen LogP contribution in [0.3, 0.4) is 0 Å². The van der Waals surface area contributed by atoms with Crippen LogP contribution in [0.15, 0.2) is 64.5 Å². The molecule has 0 unspecified atom stereocenters. The molecule has 1 heterocycles. The summed E-state index contributed by atoms with van der Waals surface area (Å²) in [6.45, 7) is 1.74. The summed E-state index contributed by atoms with van der Waals surface area (Å²) < 4.78 is 1.18. The normalized spacial score (nSPS) is 10.5. The average Bonchev–Trinajstić information content (AvgIpc) is 3.12. The van der Waals surface area contributed by atoms with Gasteiger partial charge in [-0.05, 0) is 31.2 Å². The van der Waals surface area contributed by atoms with Crippen LogP contribution in [0.4, 0.5) is 11.4 Å². The van der Waals surface area contributed by atoms with Crippen LogP contribution >= 0.6 is 11.8 Å². The van der Waals surface area contributed by atoms with E-state index in [4.69, 9.17) is 5.11 Å². The summed E-state index contributed by atoms with van der Waals surface area (Å²) in [7, 11) is 0. The minimum Gasteiger partial charge on any atom is -0.476 e. The highest BCUT2D eigenvalue weighted by atomic mass is 32.2. The summed E-state index contributed by atoms with van der Waals surface area (Å²) in [6.07, 6.45) is 1.37. The summed E-state index contributed by atoms with van der Waals surface area (Å²) in [5.41, 5.74) is 1.05. The van der Waals surface area contributed by atoms with Gasteiger partial charge in [0.2, 0.25) is 5.91 Å². The molecular formula is C19H16N4O5S. The van der Waals surface area contributed by atoms with Crippen molar-refractivity contribution in [3.05, 3.63) is 76.1 Å². The molecule has 0 aliphatic rings. The second-order valence-electron chi connectivity index (χ2n) is 6.14. The van der Waals surface area contributed by atoms with Crippen molar-refractivity contribution in [2.75, 3.05) is 5.32 Å². The third kappa shape index (κ3) is 5.42. The zero-order chi connectivity index (χ0) is 21.0. The van der Waals surface area contributed by atoms with Gasteiger partial charge >= 0.3 is 5.97 Å². The van der Waals surface area contributed by atoms with Crippen LogP contribution in [-0.4, -0.2) is 31.7 Å². The standard InChI is InChI=1S/C19H16N4O5S/c1-12-2-4-15(5-3-12)29-16-9-13(8-14(10-16)23(27)28)20-18(24)11-22-7-6-17(21-22)19(25)26/h2-10H,11H2,1H3,(H,20,24)(H,25,26). The molecule has 29 heavy (non-hydrogen) atoms. The molecule has 0 spiro atoms. The summed E-state index contributed by atoms with van der Waals surface area (Å²) >= 11 is 1.34. The Morgan fingerprint density at radius 3 is 2.52 bits per heavy atom. The molecule has 9 nitrogen and oxygen atoms in total. The van der Waals surface area contributed by atoms with Crippen LogP contribution in [0.5, 0.6) is 0 Å². The zero-order valence-corrected chi connectivity index (χ0v) is 16.0. The molecule has 0 bridgehead atoms. The van der Waals surface area contributed by atoms with E-state index >= 15 is 0 Å². The van der Waals surface area contributed by atoms with Gasteiger partial charge in [-0.15, -0.1) is 0 Å². The van der Waals surface area contributed by atoms with Gasteiger partial charge in [0, 0.05) is 33.8 Å². The summed E-state index contributed by atoms with van der Waals surface area (Å²) in [4.78, 5) is 35.4. The number of hydrogen-bond donors (Lipinski definition) is 2. The third-order valence-electron chi connectivity index (χ3n) is 3.81. The lowest BCUT2D eigenvalue weighted by atomic mass is 10.2. The molecule has 0 saturated heterocycles. The monoisotopic (exact) mass is 412 g/mol. The van der Waals surface area contributed by atoms with Crippen LogP contribution in [0.25, 0.3) is 0 Å². The highest BCUT2D eigenvalue weighted by Gasteiger charge is 2.14. The molecule has 10 heteroatoms. The van der Waals surface area contributed by atoms with Gasteiger partial charge in [-0.25, -0.2) is 4.79 Å². The number of nitrogens with one attached hydrogen (secondary N) is 1. The molecule has 3 aromatic rings. The van der Waals surface area contributed by atoms with Crippen LogP contribution in [0.2, 0.25) is 0 Å². The predicted octanol–water partition coefficient (Wildman–Crippen LogP) is 3.59. The quantitative estimate of drug-likeness (QED) is 0.448. The van der Waals surface area contributed by atoms with Crippen LogP contribution in [0.1, 0.15) is 16.1 Å². The minimum absolute atomic E-state index is 0.148. The Morgan fingerprint density at radius 1 is 1.17 bits per heavy atom. The van der Waals surface area contributed by atoms with E-state index in [2.05, 4.69) is 10.4 Å². The molecule has 2 aromatic carbocycles. The van der Waals surface area contributed by atoms with Crippen LogP contribution < -0.4 is 5.32 Å². The Kier molecular flexibility index (Phi) is 5.93. The van der Waals surface area contributed by atoms with Gasteiger partial charge in [-0.2, -0.15) is 5.10 Å². The van der Waals surface area contributed by atoms with Gasteiger partial charge in [0.1, 0.15) is 6.54 Å². The highest BCUT2D eigenvalue weighted by Crippen LogP contribution is 2.33. The third-order valence-corrected chi connectivity index (χ3v) is 4.79. The van der Waals surface area contributed by atoms with Gasteiger partial charge in [-0.3, -0.25) is 19.6 Å². The number of non-ortho nitro benzene ring substituents is 1. The Morgan fingerprint density at radius 2 is 1.90 bits per heavy atom. The number of carbonyl (C=O) groups excluding carboxylic acids is 1. The SMILES string of the molecule is Cc1ccc(Sc2cc(NC(=O)Cn3ccc(C(=O)O)n3)cc([N+](=O)[O-])c2)cc1. The van der Waals surface area contributed by atoms with E-state index in [0.717, 1.165) is 10.5 Å². The van der Waals surface area contributed by atoms with Crippen molar-refractivity contribution in [3.8, 4) is 0 Å². The number of carboxylic acid groups (broad SMARTS) is 1. The van der Waals surface area contributed by atoms with E-state index in [-0.39, 0.29) is 23.6 Å². The number of anilines is 1. The molecule has 0 aliphatic carbocycles. The molecule has 0 saturated carbocycles. The molecule has 148 valence electrons. The summed E-state index contributed by atoms with van der Waals surface area (Å²) in [6, 6.07) is 13.3. The number of nitrogens with zero attached hydrogens (tertiary/aromatic N) is 3.